The molecule has 0 spiro atoms. The maximum atomic E-state index is 10.5. The molecule has 0 amide bonds. The molecule has 2 aromatic rings. The van der Waals surface area contributed by atoms with E-state index in [0.717, 1.165) is 5.82 Å². The van der Waals surface area contributed by atoms with Crippen LogP contribution in [0.25, 0.3) is 0 Å². The second-order valence-electron chi connectivity index (χ2n) is 5.02. The van der Waals surface area contributed by atoms with Crippen LogP contribution in [0.4, 0.5) is 0 Å². The number of ether oxygens (including phenoxy) is 2. The molecular weight excluding hydrogens is 270 g/mol. The minimum absolute atomic E-state index is 0.196. The minimum atomic E-state index is -0.739. The largest absolute Gasteiger partial charge is 0.493 e. The van der Waals surface area contributed by atoms with Crippen molar-refractivity contribution in [3.8, 4) is 11.5 Å². The summed E-state index contributed by atoms with van der Waals surface area (Å²) in [5.41, 5.74) is 0.676. The monoisotopic (exact) mass is 291 g/mol. The first-order valence-corrected chi connectivity index (χ1v) is 6.85. The topological polar surface area (TPSA) is 69.4 Å². The Balaban J connectivity index is 2.28. The fourth-order valence-electron chi connectivity index (χ4n) is 2.31. The number of aliphatic hydroxyl groups excluding tert-OH is 1. The van der Waals surface area contributed by atoms with Gasteiger partial charge in [0.25, 0.3) is 0 Å². The number of benzene rings is 1. The van der Waals surface area contributed by atoms with Gasteiger partial charge < -0.3 is 14.6 Å². The Morgan fingerprint density at radius 2 is 2.00 bits per heavy atom. The van der Waals surface area contributed by atoms with Gasteiger partial charge >= 0.3 is 0 Å². The molecule has 1 unspecified atom stereocenters. The highest BCUT2D eigenvalue weighted by atomic mass is 16.5. The van der Waals surface area contributed by atoms with Crippen molar-refractivity contribution < 1.29 is 14.6 Å². The number of hydrogen-bond acceptors (Lipinski definition) is 5. The first-order valence-electron chi connectivity index (χ1n) is 6.85. The lowest BCUT2D eigenvalue weighted by molar-refractivity contribution is 0.168. The van der Waals surface area contributed by atoms with E-state index in [-0.39, 0.29) is 6.04 Å². The third-order valence-corrected chi connectivity index (χ3v) is 3.30. The number of rotatable bonds is 6. The van der Waals surface area contributed by atoms with Gasteiger partial charge in [-0.15, -0.1) is 0 Å². The molecule has 6 nitrogen and oxygen atoms in total. The van der Waals surface area contributed by atoms with Gasteiger partial charge in [0.2, 0.25) is 0 Å². The first-order chi connectivity index (χ1) is 10.1. The highest BCUT2D eigenvalue weighted by molar-refractivity contribution is 5.47. The van der Waals surface area contributed by atoms with E-state index in [1.54, 1.807) is 25.0 Å². The van der Waals surface area contributed by atoms with Gasteiger partial charge in [-0.2, -0.15) is 5.10 Å². The van der Waals surface area contributed by atoms with Gasteiger partial charge in [-0.25, -0.2) is 9.67 Å². The maximum absolute atomic E-state index is 10.5. The predicted molar refractivity (Wildman–Crippen MR) is 78.6 cm³/mol. The van der Waals surface area contributed by atoms with E-state index in [4.69, 9.17) is 9.47 Å². The lowest BCUT2D eigenvalue weighted by Gasteiger charge is -2.17. The SMILES string of the molecule is COc1cccc(C(O)Cc2ncnn2C(C)C)c1OC. The minimum Gasteiger partial charge on any atom is -0.493 e. The maximum Gasteiger partial charge on any atom is 0.166 e. The molecule has 0 radical (unpaired) electrons. The first kappa shape index (κ1) is 15.3. The number of para-hydroxylation sites is 1. The summed E-state index contributed by atoms with van der Waals surface area (Å²) >= 11 is 0. The normalized spacial score (nSPS) is 12.5. The fraction of sp³-hybridized carbons (Fsp3) is 0.467. The highest BCUT2D eigenvalue weighted by Crippen LogP contribution is 2.35. The Labute approximate surface area is 124 Å². The summed E-state index contributed by atoms with van der Waals surface area (Å²) < 4.78 is 12.4. The molecule has 0 bridgehead atoms. The Morgan fingerprint density at radius 3 is 2.62 bits per heavy atom. The van der Waals surface area contributed by atoms with E-state index in [0.29, 0.717) is 23.5 Å². The molecule has 0 aliphatic heterocycles. The Kier molecular flexibility index (Phi) is 4.80. The van der Waals surface area contributed by atoms with Crippen LogP contribution in [0.3, 0.4) is 0 Å². The Hall–Kier alpha value is -2.08. The highest BCUT2D eigenvalue weighted by Gasteiger charge is 2.20. The second kappa shape index (κ2) is 6.58. The summed E-state index contributed by atoms with van der Waals surface area (Å²) in [6, 6.07) is 5.64. The van der Waals surface area contributed by atoms with Gasteiger partial charge in [-0.1, -0.05) is 12.1 Å². The molecule has 0 aliphatic rings. The summed E-state index contributed by atoms with van der Waals surface area (Å²) in [7, 11) is 3.13. The van der Waals surface area contributed by atoms with E-state index in [9.17, 15) is 5.11 Å². The Bertz CT molecular complexity index is 596. The smallest absolute Gasteiger partial charge is 0.166 e. The predicted octanol–water partition coefficient (Wildman–Crippen LogP) is 2.15. The average molecular weight is 291 g/mol. The third-order valence-electron chi connectivity index (χ3n) is 3.30. The van der Waals surface area contributed by atoms with Crippen molar-refractivity contribution in [3.63, 3.8) is 0 Å². The van der Waals surface area contributed by atoms with Gasteiger partial charge in [-0.3, -0.25) is 0 Å². The zero-order chi connectivity index (χ0) is 15.4. The molecule has 1 heterocycles. The number of aromatic nitrogens is 3. The van der Waals surface area contributed by atoms with E-state index in [1.165, 1.54) is 6.33 Å². The van der Waals surface area contributed by atoms with Crippen molar-refractivity contribution in [2.24, 2.45) is 0 Å². The van der Waals surface area contributed by atoms with Gasteiger partial charge in [0.1, 0.15) is 12.2 Å². The molecule has 114 valence electrons. The van der Waals surface area contributed by atoms with Crippen molar-refractivity contribution in [1.82, 2.24) is 14.8 Å². The standard InChI is InChI=1S/C15H21N3O3/c1-10(2)18-14(16-9-17-18)8-12(19)11-6-5-7-13(20-3)15(11)21-4/h5-7,9-10,12,19H,8H2,1-4H3. The number of hydrogen-bond donors (Lipinski definition) is 1. The zero-order valence-electron chi connectivity index (χ0n) is 12.8. The zero-order valence-corrected chi connectivity index (χ0v) is 12.8. The summed E-state index contributed by atoms with van der Waals surface area (Å²) in [5, 5.41) is 14.7. The van der Waals surface area contributed by atoms with E-state index < -0.39 is 6.10 Å². The molecular formula is C15H21N3O3. The van der Waals surface area contributed by atoms with Crippen LogP contribution in [0, 0.1) is 0 Å². The van der Waals surface area contributed by atoms with Gasteiger partial charge in [-0.05, 0) is 19.9 Å². The van der Waals surface area contributed by atoms with E-state index in [1.807, 2.05) is 26.0 Å². The fourth-order valence-corrected chi connectivity index (χ4v) is 2.31. The molecule has 1 atom stereocenters. The van der Waals surface area contributed by atoms with Crippen LogP contribution in [-0.2, 0) is 6.42 Å². The molecule has 1 N–H and O–H groups in total. The van der Waals surface area contributed by atoms with E-state index in [2.05, 4.69) is 10.1 Å². The molecule has 1 aromatic heterocycles. The van der Waals surface area contributed by atoms with Crippen molar-refractivity contribution in [1.29, 1.82) is 0 Å². The average Bonchev–Trinajstić information content (AvgIpc) is 2.94. The van der Waals surface area contributed by atoms with Crippen LogP contribution in [0.5, 0.6) is 11.5 Å². The van der Waals surface area contributed by atoms with Crippen molar-refractivity contribution in [2.45, 2.75) is 32.4 Å². The van der Waals surface area contributed by atoms with E-state index >= 15 is 0 Å². The number of nitrogens with zero attached hydrogens (tertiary/aromatic N) is 3. The van der Waals surface area contributed by atoms with Crippen LogP contribution >= 0.6 is 0 Å². The molecule has 6 heteroatoms. The molecule has 0 saturated heterocycles. The summed E-state index contributed by atoms with van der Waals surface area (Å²) in [6.07, 6.45) is 1.13. The van der Waals surface area contributed by atoms with Gasteiger partial charge in [0.05, 0.1) is 20.3 Å². The molecule has 1 aromatic carbocycles. The quantitative estimate of drug-likeness (QED) is 0.883. The lowest BCUT2D eigenvalue weighted by Crippen LogP contribution is -2.13. The summed E-state index contributed by atoms with van der Waals surface area (Å²) in [4.78, 5) is 4.22. The second-order valence-corrected chi connectivity index (χ2v) is 5.02. The molecule has 0 saturated carbocycles. The molecule has 0 fully saturated rings. The van der Waals surface area contributed by atoms with Crippen molar-refractivity contribution >= 4 is 0 Å². The van der Waals surface area contributed by atoms with Crippen molar-refractivity contribution in [3.05, 3.63) is 35.9 Å². The van der Waals surface area contributed by atoms with Crippen LogP contribution in [0.15, 0.2) is 24.5 Å². The molecule has 0 aliphatic carbocycles. The third kappa shape index (κ3) is 3.16. The summed E-state index contributed by atoms with van der Waals surface area (Å²) in [6.45, 7) is 4.05. The number of methoxy groups -OCH3 is 2. The van der Waals surface area contributed by atoms with Gasteiger partial charge in [0, 0.05) is 18.0 Å². The van der Waals surface area contributed by atoms with Crippen LogP contribution in [0.1, 0.15) is 37.4 Å². The molecule has 2 rings (SSSR count). The lowest BCUT2D eigenvalue weighted by atomic mass is 10.0. The van der Waals surface area contributed by atoms with Crippen LogP contribution in [-0.4, -0.2) is 34.1 Å². The van der Waals surface area contributed by atoms with Gasteiger partial charge in [0.15, 0.2) is 11.5 Å². The van der Waals surface area contributed by atoms with Crippen molar-refractivity contribution in [2.75, 3.05) is 14.2 Å². The Morgan fingerprint density at radius 1 is 1.24 bits per heavy atom. The van der Waals surface area contributed by atoms with Crippen LogP contribution in [0.2, 0.25) is 0 Å². The van der Waals surface area contributed by atoms with Crippen LogP contribution < -0.4 is 9.47 Å². The molecule has 21 heavy (non-hydrogen) atoms. The number of aliphatic hydroxyl groups is 1. The summed E-state index contributed by atoms with van der Waals surface area (Å²) in [5.74, 6) is 1.88.